The average molecular weight is 452 g/mol. The number of unbranched alkanes of at least 4 members (excludes halogenated alkanes) is 1. The first-order valence-electron chi connectivity index (χ1n) is 11.1. The van der Waals surface area contributed by atoms with Crippen molar-refractivity contribution in [1.82, 2.24) is 15.1 Å². The monoisotopic (exact) mass is 451 g/mol. The number of nitrogens with zero attached hydrogens (tertiary/aromatic N) is 2. The van der Waals surface area contributed by atoms with Gasteiger partial charge < -0.3 is 24.2 Å². The van der Waals surface area contributed by atoms with Crippen LogP contribution in [0.5, 0.6) is 17.2 Å². The van der Waals surface area contributed by atoms with Gasteiger partial charge in [0.25, 0.3) is 5.91 Å². The highest BCUT2D eigenvalue weighted by atomic mass is 16.5. The molecular weight excluding hydrogens is 422 g/mol. The van der Waals surface area contributed by atoms with Crippen LogP contribution in [0, 0.1) is 0 Å². The van der Waals surface area contributed by atoms with Crippen molar-refractivity contribution in [2.75, 3.05) is 34.0 Å². The van der Waals surface area contributed by atoms with E-state index in [2.05, 4.69) is 17.1 Å². The van der Waals surface area contributed by atoms with Gasteiger partial charge in [-0.3, -0.25) is 9.89 Å². The molecule has 1 aliphatic rings. The number of hydrogen-bond acceptors (Lipinski definition) is 6. The largest absolute Gasteiger partial charge is 0.507 e. The normalized spacial score (nSPS) is 15.1. The second kappa shape index (κ2) is 9.95. The molecule has 0 unspecified atom stereocenters. The van der Waals surface area contributed by atoms with E-state index in [0.29, 0.717) is 48.2 Å². The number of carbonyl (C=O) groups is 1. The Balaban J connectivity index is 1.80. The number of fused-ring (bicyclic) bond motifs is 1. The first-order chi connectivity index (χ1) is 16.1. The number of carbonyl (C=O) groups excluding carboxylic acids is 1. The van der Waals surface area contributed by atoms with Crippen molar-refractivity contribution in [3.63, 3.8) is 0 Å². The van der Waals surface area contributed by atoms with Crippen LogP contribution in [0.4, 0.5) is 0 Å². The summed E-state index contributed by atoms with van der Waals surface area (Å²) in [4.78, 5) is 15.0. The Bertz CT molecular complexity index is 1130. The lowest BCUT2D eigenvalue weighted by Crippen LogP contribution is -2.32. The van der Waals surface area contributed by atoms with Crippen LogP contribution in [-0.2, 0) is 4.74 Å². The van der Waals surface area contributed by atoms with E-state index in [1.54, 1.807) is 37.3 Å². The number of rotatable bonds is 10. The summed E-state index contributed by atoms with van der Waals surface area (Å²) in [5, 5.41) is 17.7. The molecule has 8 nitrogen and oxygen atoms in total. The first-order valence-corrected chi connectivity index (χ1v) is 11.1. The van der Waals surface area contributed by atoms with E-state index in [9.17, 15) is 9.90 Å². The fraction of sp³-hybridized carbons (Fsp3) is 0.360. The number of aromatic amines is 1. The maximum atomic E-state index is 13.3. The Morgan fingerprint density at radius 3 is 2.67 bits per heavy atom. The highest BCUT2D eigenvalue weighted by Crippen LogP contribution is 2.45. The third-order valence-electron chi connectivity index (χ3n) is 5.82. The number of methoxy groups -OCH3 is 2. The molecule has 0 radical (unpaired) electrons. The highest BCUT2D eigenvalue weighted by Gasteiger charge is 2.42. The van der Waals surface area contributed by atoms with E-state index < -0.39 is 6.04 Å². The van der Waals surface area contributed by atoms with Crippen LogP contribution in [0.25, 0.3) is 11.3 Å². The molecule has 174 valence electrons. The van der Waals surface area contributed by atoms with Crippen molar-refractivity contribution in [2.45, 2.75) is 25.8 Å². The fourth-order valence-electron chi connectivity index (χ4n) is 4.14. The molecule has 4 rings (SSSR count). The number of phenolic OH excluding ortho intramolecular Hbond substituents is 1. The summed E-state index contributed by atoms with van der Waals surface area (Å²) in [7, 11) is 3.21. The van der Waals surface area contributed by atoms with Crippen molar-refractivity contribution in [2.24, 2.45) is 0 Å². The molecule has 8 heteroatoms. The number of hydrogen-bond donors (Lipinski definition) is 2. The van der Waals surface area contributed by atoms with E-state index in [1.165, 1.54) is 0 Å². The molecule has 2 N–H and O–H groups in total. The topological polar surface area (TPSA) is 96.9 Å². The van der Waals surface area contributed by atoms with Crippen LogP contribution >= 0.6 is 0 Å². The number of aromatic hydroxyl groups is 1. The molecule has 0 aliphatic carbocycles. The maximum Gasteiger partial charge on any atom is 0.273 e. The predicted molar refractivity (Wildman–Crippen MR) is 124 cm³/mol. The molecule has 1 atom stereocenters. The van der Waals surface area contributed by atoms with Gasteiger partial charge in [-0.25, -0.2) is 0 Å². The summed E-state index contributed by atoms with van der Waals surface area (Å²) < 4.78 is 16.8. The zero-order valence-corrected chi connectivity index (χ0v) is 19.1. The molecule has 3 aromatic rings. The van der Waals surface area contributed by atoms with Gasteiger partial charge in [0.05, 0.1) is 26.4 Å². The third kappa shape index (κ3) is 4.26. The Morgan fingerprint density at radius 2 is 1.94 bits per heavy atom. The number of aromatic nitrogens is 2. The molecule has 0 saturated carbocycles. The van der Waals surface area contributed by atoms with Crippen LogP contribution in [0.2, 0.25) is 0 Å². The van der Waals surface area contributed by atoms with Gasteiger partial charge in [0, 0.05) is 24.8 Å². The van der Waals surface area contributed by atoms with E-state index in [-0.39, 0.29) is 11.7 Å². The van der Waals surface area contributed by atoms with Crippen LogP contribution in [0.15, 0.2) is 42.5 Å². The van der Waals surface area contributed by atoms with Crippen molar-refractivity contribution in [1.29, 1.82) is 0 Å². The Hall–Kier alpha value is -3.52. The van der Waals surface area contributed by atoms with Gasteiger partial charge in [-0.1, -0.05) is 31.5 Å². The molecule has 33 heavy (non-hydrogen) atoms. The molecule has 2 heterocycles. The Labute approximate surface area is 193 Å². The molecule has 1 aromatic heterocycles. The summed E-state index contributed by atoms with van der Waals surface area (Å²) in [6.45, 7) is 3.51. The summed E-state index contributed by atoms with van der Waals surface area (Å²) in [6, 6.07) is 12.3. The number of ether oxygens (including phenoxy) is 3. The van der Waals surface area contributed by atoms with E-state index >= 15 is 0 Å². The number of H-pyrrole nitrogens is 1. The molecule has 2 aromatic carbocycles. The molecule has 1 amide bonds. The van der Waals surface area contributed by atoms with E-state index in [0.717, 1.165) is 24.0 Å². The molecule has 1 aliphatic heterocycles. The van der Waals surface area contributed by atoms with Crippen LogP contribution in [0.3, 0.4) is 0 Å². The van der Waals surface area contributed by atoms with Gasteiger partial charge in [0.1, 0.15) is 17.1 Å². The highest BCUT2D eigenvalue weighted by molar-refractivity contribution is 6.00. The SMILES string of the molecule is CCCCOc1ccc([C@@H]2c3c(-c4ccccc4O)n[nH]c3C(=O)N2CCOC)cc1OC. The van der Waals surface area contributed by atoms with Crippen molar-refractivity contribution in [3.8, 4) is 28.5 Å². The van der Waals surface area contributed by atoms with Crippen LogP contribution < -0.4 is 9.47 Å². The molecule has 0 saturated heterocycles. The van der Waals surface area contributed by atoms with Gasteiger partial charge in [0.2, 0.25) is 0 Å². The van der Waals surface area contributed by atoms with Gasteiger partial charge in [-0.2, -0.15) is 5.10 Å². The predicted octanol–water partition coefficient (Wildman–Crippen LogP) is 4.16. The zero-order valence-electron chi connectivity index (χ0n) is 19.1. The van der Waals surface area contributed by atoms with E-state index in [4.69, 9.17) is 14.2 Å². The smallest absolute Gasteiger partial charge is 0.273 e. The number of para-hydroxylation sites is 1. The lowest BCUT2D eigenvalue weighted by molar-refractivity contribution is 0.0677. The standard InChI is InChI=1S/C25H29N3O5/c1-4-5-13-33-19-11-10-16(15-20(19)32-3)24-21-22(17-8-6-7-9-18(17)29)26-27-23(21)25(30)28(24)12-14-31-2/h6-11,15,24,29H,4-5,12-14H2,1-3H3,(H,26,27)/t24-/m1/s1. The molecule has 0 bridgehead atoms. The van der Waals surface area contributed by atoms with Gasteiger partial charge in [-0.05, 0) is 36.2 Å². The first kappa shape index (κ1) is 22.7. The summed E-state index contributed by atoms with van der Waals surface area (Å²) in [5.74, 6) is 1.20. The minimum Gasteiger partial charge on any atom is -0.507 e. The van der Waals surface area contributed by atoms with Gasteiger partial charge in [-0.15, -0.1) is 0 Å². The van der Waals surface area contributed by atoms with Crippen molar-refractivity contribution in [3.05, 3.63) is 59.3 Å². The minimum absolute atomic E-state index is 0.102. The van der Waals surface area contributed by atoms with Gasteiger partial charge >= 0.3 is 0 Å². The lowest BCUT2D eigenvalue weighted by Gasteiger charge is -2.26. The van der Waals surface area contributed by atoms with Gasteiger partial charge in [0.15, 0.2) is 11.5 Å². The van der Waals surface area contributed by atoms with Crippen LogP contribution in [0.1, 0.15) is 47.4 Å². The van der Waals surface area contributed by atoms with Crippen LogP contribution in [-0.4, -0.2) is 60.1 Å². The second-order valence-corrected chi connectivity index (χ2v) is 7.88. The fourth-order valence-corrected chi connectivity index (χ4v) is 4.14. The second-order valence-electron chi connectivity index (χ2n) is 7.88. The molecule has 0 spiro atoms. The average Bonchev–Trinajstić information content (AvgIpc) is 3.37. The summed E-state index contributed by atoms with van der Waals surface area (Å²) in [6.07, 6.45) is 1.99. The summed E-state index contributed by atoms with van der Waals surface area (Å²) in [5.41, 5.74) is 3.10. The number of nitrogens with one attached hydrogen (secondary N) is 1. The van der Waals surface area contributed by atoms with Crippen molar-refractivity contribution < 1.29 is 24.1 Å². The number of benzene rings is 2. The maximum absolute atomic E-state index is 13.3. The molecule has 0 fully saturated rings. The molecular formula is C25H29N3O5. The summed E-state index contributed by atoms with van der Waals surface area (Å²) >= 11 is 0. The number of amides is 1. The van der Waals surface area contributed by atoms with Crippen molar-refractivity contribution >= 4 is 5.91 Å². The lowest BCUT2D eigenvalue weighted by atomic mass is 9.95. The Kier molecular flexibility index (Phi) is 6.84. The minimum atomic E-state index is -0.422. The zero-order chi connectivity index (χ0) is 23.4. The Morgan fingerprint density at radius 1 is 1.12 bits per heavy atom. The van der Waals surface area contributed by atoms with E-state index in [1.807, 2.05) is 24.3 Å². The third-order valence-corrected chi connectivity index (χ3v) is 5.82. The number of phenols is 1. The quantitative estimate of drug-likeness (QED) is 0.449.